The third kappa shape index (κ3) is 3.15. The van der Waals surface area contributed by atoms with Crippen LogP contribution in [0.4, 0.5) is 5.69 Å². The Morgan fingerprint density at radius 1 is 1.20 bits per heavy atom. The van der Waals surface area contributed by atoms with Gasteiger partial charge in [-0.25, -0.2) is 8.42 Å². The van der Waals surface area contributed by atoms with Crippen LogP contribution in [0.15, 0.2) is 23.1 Å². The molecule has 1 aromatic carbocycles. The molecular formula is C11H8Cl3NO3S2. The van der Waals surface area contributed by atoms with E-state index in [1.807, 2.05) is 0 Å². The highest BCUT2D eigenvalue weighted by Crippen LogP contribution is 2.37. The molecular weight excluding hydrogens is 365 g/mol. The van der Waals surface area contributed by atoms with Crippen molar-refractivity contribution in [2.24, 2.45) is 0 Å². The van der Waals surface area contributed by atoms with Crippen LogP contribution in [0.1, 0.15) is 5.56 Å². The Morgan fingerprint density at radius 3 is 2.40 bits per heavy atom. The van der Waals surface area contributed by atoms with Crippen molar-refractivity contribution in [3.05, 3.63) is 37.5 Å². The Hall–Kier alpha value is -0.660. The molecule has 2 rings (SSSR count). The quantitative estimate of drug-likeness (QED) is 0.778. The van der Waals surface area contributed by atoms with Crippen LogP contribution < -0.4 is 4.72 Å². The second-order valence-corrected chi connectivity index (χ2v) is 8.29. The third-order valence-electron chi connectivity index (χ3n) is 2.42. The number of aryl methyl sites for hydroxylation is 1. The zero-order valence-electron chi connectivity index (χ0n) is 9.95. The van der Waals surface area contributed by atoms with E-state index < -0.39 is 10.0 Å². The third-order valence-corrected chi connectivity index (χ3v) is 5.76. The molecule has 0 saturated heterocycles. The van der Waals surface area contributed by atoms with Crippen LogP contribution in [-0.2, 0) is 10.0 Å². The number of benzene rings is 1. The molecule has 20 heavy (non-hydrogen) atoms. The van der Waals surface area contributed by atoms with Gasteiger partial charge in [-0.1, -0.05) is 34.8 Å². The molecule has 0 amide bonds. The van der Waals surface area contributed by atoms with Crippen LogP contribution >= 0.6 is 46.1 Å². The molecule has 0 saturated carbocycles. The Morgan fingerprint density at radius 2 is 1.85 bits per heavy atom. The first-order valence-electron chi connectivity index (χ1n) is 5.17. The van der Waals surface area contributed by atoms with Gasteiger partial charge in [0.2, 0.25) is 0 Å². The van der Waals surface area contributed by atoms with Crippen molar-refractivity contribution in [3.63, 3.8) is 0 Å². The topological polar surface area (TPSA) is 66.4 Å². The fraction of sp³-hybridized carbons (Fsp3) is 0.0909. The molecule has 0 aliphatic carbocycles. The lowest BCUT2D eigenvalue weighted by atomic mass is 10.2. The van der Waals surface area contributed by atoms with E-state index in [4.69, 9.17) is 34.8 Å². The Kier molecular flexibility index (Phi) is 4.41. The van der Waals surface area contributed by atoms with Crippen LogP contribution in [0.2, 0.25) is 13.7 Å². The number of phenols is 1. The molecule has 0 fully saturated rings. The number of anilines is 1. The van der Waals surface area contributed by atoms with Crippen LogP contribution in [-0.4, -0.2) is 13.5 Å². The Labute approximate surface area is 135 Å². The van der Waals surface area contributed by atoms with Crippen LogP contribution in [0.25, 0.3) is 0 Å². The fourth-order valence-corrected chi connectivity index (χ4v) is 5.00. The van der Waals surface area contributed by atoms with E-state index in [1.54, 1.807) is 6.92 Å². The molecule has 0 aliphatic heterocycles. The Balaban J connectivity index is 2.46. The highest BCUT2D eigenvalue weighted by molar-refractivity contribution is 7.93. The molecule has 1 heterocycles. The molecule has 2 aromatic rings. The summed E-state index contributed by atoms with van der Waals surface area (Å²) < 4.78 is 27.0. The number of aromatic hydroxyl groups is 1. The first-order valence-corrected chi connectivity index (χ1v) is 8.61. The summed E-state index contributed by atoms with van der Waals surface area (Å²) in [6.07, 6.45) is 0. The summed E-state index contributed by atoms with van der Waals surface area (Å²) in [7, 11) is -3.95. The summed E-state index contributed by atoms with van der Waals surface area (Å²) in [6, 6.07) is 4.07. The van der Waals surface area contributed by atoms with Crippen molar-refractivity contribution in [1.82, 2.24) is 0 Å². The summed E-state index contributed by atoms with van der Waals surface area (Å²) in [5, 5.41) is 10.2. The van der Waals surface area contributed by atoms with E-state index in [9.17, 15) is 13.5 Å². The number of sulfonamides is 1. The van der Waals surface area contributed by atoms with E-state index in [-0.39, 0.29) is 25.0 Å². The molecule has 0 spiro atoms. The standard InChI is InChI=1S/C11H8Cl3NO3S2/c1-5-2-6(12)3-7(10(5)16)15-20(17,18)8-4-9(13)19-11(8)14/h2-4,15-16H,1H3. The summed E-state index contributed by atoms with van der Waals surface area (Å²) in [5.41, 5.74) is 0.429. The number of hydrogen-bond donors (Lipinski definition) is 2. The molecule has 0 aliphatic rings. The maximum atomic E-state index is 12.2. The van der Waals surface area contributed by atoms with Gasteiger partial charge in [-0.2, -0.15) is 0 Å². The minimum Gasteiger partial charge on any atom is -0.505 e. The van der Waals surface area contributed by atoms with Crippen molar-refractivity contribution in [1.29, 1.82) is 0 Å². The number of phenolic OH excluding ortho intramolecular Hbond substituents is 1. The normalized spacial score (nSPS) is 11.6. The summed E-state index contributed by atoms with van der Waals surface area (Å²) in [6.45, 7) is 1.60. The Bertz CT molecular complexity index is 771. The van der Waals surface area contributed by atoms with Gasteiger partial charge in [0.15, 0.2) is 0 Å². The van der Waals surface area contributed by atoms with Crippen molar-refractivity contribution >= 4 is 61.9 Å². The lowest BCUT2D eigenvalue weighted by molar-refractivity contribution is 0.473. The lowest BCUT2D eigenvalue weighted by Crippen LogP contribution is -2.12. The predicted molar refractivity (Wildman–Crippen MR) is 83.0 cm³/mol. The first-order chi connectivity index (χ1) is 9.20. The van der Waals surface area contributed by atoms with Gasteiger partial charge in [-0.15, -0.1) is 11.3 Å². The zero-order valence-corrected chi connectivity index (χ0v) is 13.8. The van der Waals surface area contributed by atoms with Gasteiger partial charge in [-0.05, 0) is 30.7 Å². The minimum absolute atomic E-state index is 0.0200. The molecule has 9 heteroatoms. The lowest BCUT2D eigenvalue weighted by Gasteiger charge is -2.11. The second-order valence-electron chi connectivity index (χ2n) is 3.91. The molecule has 4 nitrogen and oxygen atoms in total. The monoisotopic (exact) mass is 371 g/mol. The van der Waals surface area contributed by atoms with Crippen molar-refractivity contribution < 1.29 is 13.5 Å². The average molecular weight is 373 g/mol. The van der Waals surface area contributed by atoms with E-state index in [2.05, 4.69) is 4.72 Å². The van der Waals surface area contributed by atoms with Crippen LogP contribution in [0, 0.1) is 6.92 Å². The number of hydrogen-bond acceptors (Lipinski definition) is 4. The van der Waals surface area contributed by atoms with Crippen molar-refractivity contribution in [2.45, 2.75) is 11.8 Å². The molecule has 1 aromatic heterocycles. The number of thiophene rings is 1. The SMILES string of the molecule is Cc1cc(Cl)cc(NS(=O)(=O)c2cc(Cl)sc2Cl)c1O. The van der Waals surface area contributed by atoms with Gasteiger partial charge in [0, 0.05) is 5.02 Å². The van der Waals surface area contributed by atoms with Gasteiger partial charge in [-0.3, -0.25) is 4.72 Å². The smallest absolute Gasteiger partial charge is 0.264 e. The van der Waals surface area contributed by atoms with Crippen molar-refractivity contribution in [3.8, 4) is 5.75 Å². The molecule has 108 valence electrons. The summed E-state index contributed by atoms with van der Waals surface area (Å²) >= 11 is 18.3. The maximum absolute atomic E-state index is 12.2. The summed E-state index contributed by atoms with van der Waals surface area (Å²) in [5.74, 6) is -0.199. The number of nitrogens with one attached hydrogen (secondary N) is 1. The predicted octanol–water partition coefficient (Wildman–Crippen LogP) is 4.52. The largest absolute Gasteiger partial charge is 0.505 e. The zero-order chi connectivity index (χ0) is 15.1. The van der Waals surface area contributed by atoms with E-state index in [0.29, 0.717) is 10.6 Å². The first kappa shape index (κ1) is 15.7. The van der Waals surface area contributed by atoms with Crippen LogP contribution in [0.3, 0.4) is 0 Å². The van der Waals surface area contributed by atoms with Crippen molar-refractivity contribution in [2.75, 3.05) is 4.72 Å². The average Bonchev–Trinajstić information content (AvgIpc) is 2.65. The van der Waals surface area contributed by atoms with Gasteiger partial charge in [0.05, 0.1) is 10.0 Å². The highest BCUT2D eigenvalue weighted by Gasteiger charge is 2.22. The second kappa shape index (κ2) is 5.61. The van der Waals surface area contributed by atoms with E-state index in [1.165, 1.54) is 18.2 Å². The van der Waals surface area contributed by atoms with Gasteiger partial charge >= 0.3 is 0 Å². The van der Waals surface area contributed by atoms with E-state index >= 15 is 0 Å². The highest BCUT2D eigenvalue weighted by atomic mass is 35.5. The van der Waals surface area contributed by atoms with Crippen LogP contribution in [0.5, 0.6) is 5.75 Å². The maximum Gasteiger partial charge on any atom is 0.264 e. The molecule has 0 radical (unpaired) electrons. The molecule has 0 bridgehead atoms. The number of halogens is 3. The fourth-order valence-electron chi connectivity index (χ4n) is 1.52. The number of rotatable bonds is 3. The minimum atomic E-state index is -3.95. The van der Waals surface area contributed by atoms with Gasteiger partial charge in [0.25, 0.3) is 10.0 Å². The van der Waals surface area contributed by atoms with Gasteiger partial charge in [0.1, 0.15) is 15.0 Å². The van der Waals surface area contributed by atoms with E-state index in [0.717, 1.165) is 11.3 Å². The molecule has 0 atom stereocenters. The molecule has 0 unspecified atom stereocenters. The summed E-state index contributed by atoms with van der Waals surface area (Å²) in [4.78, 5) is -0.147. The van der Waals surface area contributed by atoms with Gasteiger partial charge < -0.3 is 5.11 Å². The molecule has 2 N–H and O–H groups in total.